The monoisotopic (exact) mass is 351 g/mol. The lowest BCUT2D eigenvalue weighted by atomic mass is 10.2. The lowest BCUT2D eigenvalue weighted by Crippen LogP contribution is -2.46. The number of furan rings is 1. The van der Waals surface area contributed by atoms with E-state index in [4.69, 9.17) is 14.1 Å². The van der Waals surface area contributed by atoms with Crippen molar-refractivity contribution in [3.8, 4) is 11.3 Å². The number of aromatic nitrogens is 2. The third-order valence-electron chi connectivity index (χ3n) is 3.55. The predicted octanol–water partition coefficient (Wildman–Crippen LogP) is 3.42. The maximum absolute atomic E-state index is 5.76. The molecule has 0 radical (unpaired) electrons. The van der Waals surface area contributed by atoms with E-state index >= 15 is 0 Å². The summed E-state index contributed by atoms with van der Waals surface area (Å²) in [5.41, 5.74) is 1.85. The number of hydrogen-bond acceptors (Lipinski definition) is 5. The standard InChI is InChI=1S/C15H18BrN3O2/c1-9-7-19(8-10(2)21-9)15-17-6-13(16)14(18-15)12-4-5-20-11(12)3/h4-6,9-10H,7-8H2,1-3H3/t9-,10+. The predicted molar refractivity (Wildman–Crippen MR) is 84.4 cm³/mol. The molecule has 1 fully saturated rings. The smallest absolute Gasteiger partial charge is 0.226 e. The van der Waals surface area contributed by atoms with Gasteiger partial charge in [0.1, 0.15) is 5.76 Å². The topological polar surface area (TPSA) is 51.4 Å². The van der Waals surface area contributed by atoms with E-state index in [0.717, 1.165) is 40.5 Å². The summed E-state index contributed by atoms with van der Waals surface area (Å²) < 4.78 is 12.0. The van der Waals surface area contributed by atoms with Crippen molar-refractivity contribution < 1.29 is 9.15 Å². The molecule has 2 aromatic rings. The second-order valence-electron chi connectivity index (χ2n) is 5.42. The quantitative estimate of drug-likeness (QED) is 0.829. The summed E-state index contributed by atoms with van der Waals surface area (Å²) in [6.45, 7) is 7.68. The van der Waals surface area contributed by atoms with Crippen molar-refractivity contribution in [1.82, 2.24) is 9.97 Å². The third-order valence-corrected chi connectivity index (χ3v) is 4.13. The first-order valence-electron chi connectivity index (χ1n) is 7.02. The molecule has 0 aromatic carbocycles. The van der Waals surface area contributed by atoms with Gasteiger partial charge in [-0.3, -0.25) is 0 Å². The van der Waals surface area contributed by atoms with E-state index in [1.54, 1.807) is 12.5 Å². The van der Waals surface area contributed by atoms with Gasteiger partial charge in [-0.2, -0.15) is 0 Å². The fourth-order valence-corrected chi connectivity index (χ4v) is 3.08. The molecule has 3 heterocycles. The highest BCUT2D eigenvalue weighted by Gasteiger charge is 2.25. The molecule has 0 N–H and O–H groups in total. The average molecular weight is 352 g/mol. The molecule has 1 aliphatic heterocycles. The minimum absolute atomic E-state index is 0.181. The van der Waals surface area contributed by atoms with Gasteiger partial charge in [0.15, 0.2) is 0 Å². The van der Waals surface area contributed by atoms with Gasteiger partial charge in [-0.15, -0.1) is 0 Å². The zero-order valence-corrected chi connectivity index (χ0v) is 13.9. The Labute approximate surface area is 132 Å². The first-order valence-corrected chi connectivity index (χ1v) is 7.81. The largest absolute Gasteiger partial charge is 0.469 e. The Bertz CT molecular complexity index is 634. The van der Waals surface area contributed by atoms with Gasteiger partial charge in [-0.05, 0) is 42.8 Å². The van der Waals surface area contributed by atoms with Gasteiger partial charge in [0, 0.05) is 24.8 Å². The molecular weight excluding hydrogens is 334 g/mol. The molecule has 0 bridgehead atoms. The fraction of sp³-hybridized carbons (Fsp3) is 0.467. The number of nitrogens with zero attached hydrogens (tertiary/aromatic N) is 3. The Morgan fingerprint density at radius 2 is 2.00 bits per heavy atom. The van der Waals surface area contributed by atoms with Gasteiger partial charge in [-0.25, -0.2) is 9.97 Å². The minimum Gasteiger partial charge on any atom is -0.469 e. The Kier molecular flexibility index (Phi) is 3.99. The van der Waals surface area contributed by atoms with E-state index in [9.17, 15) is 0 Å². The van der Waals surface area contributed by atoms with Gasteiger partial charge in [-0.1, -0.05) is 0 Å². The van der Waals surface area contributed by atoms with E-state index in [0.29, 0.717) is 0 Å². The maximum atomic E-state index is 5.76. The number of ether oxygens (including phenoxy) is 1. The highest BCUT2D eigenvalue weighted by Crippen LogP contribution is 2.30. The van der Waals surface area contributed by atoms with Gasteiger partial charge >= 0.3 is 0 Å². The van der Waals surface area contributed by atoms with Gasteiger partial charge in [0.2, 0.25) is 5.95 Å². The molecule has 5 nitrogen and oxygen atoms in total. The molecule has 3 rings (SSSR count). The summed E-state index contributed by atoms with van der Waals surface area (Å²) in [5, 5.41) is 0. The summed E-state index contributed by atoms with van der Waals surface area (Å²) in [5.74, 6) is 1.58. The molecule has 0 amide bonds. The second kappa shape index (κ2) is 5.77. The van der Waals surface area contributed by atoms with Crippen molar-refractivity contribution in [2.24, 2.45) is 0 Å². The highest BCUT2D eigenvalue weighted by molar-refractivity contribution is 9.10. The Morgan fingerprint density at radius 1 is 1.29 bits per heavy atom. The number of morpholine rings is 1. The van der Waals surface area contributed by atoms with Gasteiger partial charge in [0.25, 0.3) is 0 Å². The Morgan fingerprint density at radius 3 is 2.62 bits per heavy atom. The van der Waals surface area contributed by atoms with E-state index in [-0.39, 0.29) is 12.2 Å². The number of rotatable bonds is 2. The van der Waals surface area contributed by atoms with Crippen LogP contribution < -0.4 is 4.90 Å². The molecule has 6 heteroatoms. The van der Waals surface area contributed by atoms with E-state index in [1.165, 1.54) is 0 Å². The van der Waals surface area contributed by atoms with Crippen LogP contribution in [0.3, 0.4) is 0 Å². The van der Waals surface area contributed by atoms with Crippen LogP contribution >= 0.6 is 15.9 Å². The van der Waals surface area contributed by atoms with Crippen molar-refractivity contribution >= 4 is 21.9 Å². The number of aryl methyl sites for hydroxylation is 1. The van der Waals surface area contributed by atoms with E-state index in [2.05, 4.69) is 39.7 Å². The number of halogens is 1. The summed E-state index contributed by atoms with van der Waals surface area (Å²) >= 11 is 3.52. The van der Waals surface area contributed by atoms with Crippen molar-refractivity contribution in [3.05, 3.63) is 28.8 Å². The highest BCUT2D eigenvalue weighted by atomic mass is 79.9. The second-order valence-corrected chi connectivity index (χ2v) is 6.27. The van der Waals surface area contributed by atoms with Crippen LogP contribution in [0.4, 0.5) is 5.95 Å². The van der Waals surface area contributed by atoms with Gasteiger partial charge in [0.05, 0.1) is 28.6 Å². The van der Waals surface area contributed by atoms with Crippen LogP contribution in [0.25, 0.3) is 11.3 Å². The van der Waals surface area contributed by atoms with Gasteiger partial charge < -0.3 is 14.1 Å². The Balaban J connectivity index is 1.96. The summed E-state index contributed by atoms with van der Waals surface area (Å²) in [7, 11) is 0. The first kappa shape index (κ1) is 14.5. The number of hydrogen-bond donors (Lipinski definition) is 0. The van der Waals surface area contributed by atoms with E-state index in [1.807, 2.05) is 13.0 Å². The zero-order chi connectivity index (χ0) is 15.0. The van der Waals surface area contributed by atoms with Crippen molar-refractivity contribution in [2.45, 2.75) is 33.0 Å². The van der Waals surface area contributed by atoms with Crippen molar-refractivity contribution in [3.63, 3.8) is 0 Å². The fourth-order valence-electron chi connectivity index (χ4n) is 2.67. The normalized spacial score (nSPS) is 22.6. The molecule has 0 spiro atoms. The van der Waals surface area contributed by atoms with Crippen LogP contribution in [0.15, 0.2) is 27.4 Å². The summed E-state index contributed by atoms with van der Waals surface area (Å²) in [6.07, 6.45) is 3.84. The van der Waals surface area contributed by atoms with Crippen LogP contribution in [0.1, 0.15) is 19.6 Å². The third kappa shape index (κ3) is 2.96. The first-order chi connectivity index (χ1) is 10.0. The lowest BCUT2D eigenvalue weighted by Gasteiger charge is -2.35. The average Bonchev–Trinajstić information content (AvgIpc) is 2.84. The summed E-state index contributed by atoms with van der Waals surface area (Å²) in [4.78, 5) is 11.3. The van der Waals surface area contributed by atoms with Crippen molar-refractivity contribution in [2.75, 3.05) is 18.0 Å². The minimum atomic E-state index is 0.181. The van der Waals surface area contributed by atoms with Crippen LogP contribution in [0.2, 0.25) is 0 Å². The SMILES string of the molecule is Cc1occc1-c1nc(N2C[C@@H](C)O[C@@H](C)C2)ncc1Br. The van der Waals surface area contributed by atoms with Crippen molar-refractivity contribution in [1.29, 1.82) is 0 Å². The molecule has 1 saturated heterocycles. The zero-order valence-electron chi connectivity index (χ0n) is 12.3. The lowest BCUT2D eigenvalue weighted by molar-refractivity contribution is -0.00571. The van der Waals surface area contributed by atoms with Crippen LogP contribution in [-0.2, 0) is 4.74 Å². The molecular formula is C15H18BrN3O2. The number of anilines is 1. The molecule has 21 heavy (non-hydrogen) atoms. The van der Waals surface area contributed by atoms with E-state index < -0.39 is 0 Å². The molecule has 1 aliphatic rings. The Hall–Kier alpha value is -1.40. The molecule has 112 valence electrons. The van der Waals surface area contributed by atoms with Crippen LogP contribution in [-0.4, -0.2) is 35.3 Å². The molecule has 2 atom stereocenters. The molecule has 0 unspecified atom stereocenters. The van der Waals surface area contributed by atoms with Crippen LogP contribution in [0, 0.1) is 6.92 Å². The molecule has 2 aromatic heterocycles. The molecule has 0 aliphatic carbocycles. The summed E-state index contributed by atoms with van der Waals surface area (Å²) in [6, 6.07) is 1.93. The maximum Gasteiger partial charge on any atom is 0.226 e. The molecule has 0 saturated carbocycles. The van der Waals surface area contributed by atoms with Crippen LogP contribution in [0.5, 0.6) is 0 Å².